The van der Waals surface area contributed by atoms with Crippen LogP contribution in [0.1, 0.15) is 38.2 Å². The van der Waals surface area contributed by atoms with Crippen molar-refractivity contribution >= 4 is 5.82 Å². The SMILES string of the molecule is CC(C)COc1cncc(N2CCC[C@@H](c3cn[nH]c3)C2)n1. The summed E-state index contributed by atoms with van der Waals surface area (Å²) in [6, 6.07) is 0. The Morgan fingerprint density at radius 1 is 1.36 bits per heavy atom. The largest absolute Gasteiger partial charge is 0.476 e. The Kier molecular flexibility index (Phi) is 4.56. The second-order valence-corrected chi connectivity index (χ2v) is 6.24. The molecule has 3 rings (SSSR count). The van der Waals surface area contributed by atoms with Gasteiger partial charge in [0.15, 0.2) is 5.82 Å². The minimum absolute atomic E-state index is 0.478. The van der Waals surface area contributed by atoms with E-state index in [1.165, 1.54) is 12.0 Å². The van der Waals surface area contributed by atoms with Crippen LogP contribution in [0, 0.1) is 5.92 Å². The maximum absolute atomic E-state index is 5.68. The molecule has 0 aliphatic carbocycles. The van der Waals surface area contributed by atoms with Crippen LogP contribution >= 0.6 is 0 Å². The summed E-state index contributed by atoms with van der Waals surface area (Å²) in [6.45, 7) is 6.86. The molecule has 1 atom stereocenters. The molecule has 0 spiro atoms. The predicted octanol–water partition coefficient (Wildman–Crippen LogP) is 2.62. The molecule has 118 valence electrons. The zero-order chi connectivity index (χ0) is 15.4. The molecule has 0 amide bonds. The van der Waals surface area contributed by atoms with E-state index in [0.29, 0.717) is 24.3 Å². The van der Waals surface area contributed by atoms with Crippen molar-refractivity contribution in [3.63, 3.8) is 0 Å². The van der Waals surface area contributed by atoms with E-state index >= 15 is 0 Å². The number of hydrogen-bond acceptors (Lipinski definition) is 5. The van der Waals surface area contributed by atoms with Crippen LogP contribution in [0.5, 0.6) is 5.88 Å². The summed E-state index contributed by atoms with van der Waals surface area (Å²) in [4.78, 5) is 11.2. The normalized spacial score (nSPS) is 18.7. The van der Waals surface area contributed by atoms with E-state index in [4.69, 9.17) is 4.74 Å². The second-order valence-electron chi connectivity index (χ2n) is 6.24. The Hall–Kier alpha value is -2.11. The summed E-state index contributed by atoms with van der Waals surface area (Å²) in [5.74, 6) is 2.48. The molecular weight excluding hydrogens is 278 g/mol. The van der Waals surface area contributed by atoms with Gasteiger partial charge in [0.25, 0.3) is 0 Å². The minimum Gasteiger partial charge on any atom is -0.476 e. The highest BCUT2D eigenvalue weighted by Gasteiger charge is 2.23. The van der Waals surface area contributed by atoms with Crippen LogP contribution in [0.25, 0.3) is 0 Å². The fourth-order valence-electron chi connectivity index (χ4n) is 2.75. The molecule has 0 saturated carbocycles. The number of piperidine rings is 1. The van der Waals surface area contributed by atoms with Crippen molar-refractivity contribution in [1.29, 1.82) is 0 Å². The molecule has 2 aromatic rings. The average Bonchev–Trinajstić information content (AvgIpc) is 3.08. The number of rotatable bonds is 5. The molecule has 6 nitrogen and oxygen atoms in total. The van der Waals surface area contributed by atoms with Gasteiger partial charge < -0.3 is 9.64 Å². The van der Waals surface area contributed by atoms with Crippen molar-refractivity contribution in [3.8, 4) is 5.88 Å². The molecule has 1 fully saturated rings. The first-order chi connectivity index (χ1) is 10.7. The van der Waals surface area contributed by atoms with Gasteiger partial charge >= 0.3 is 0 Å². The van der Waals surface area contributed by atoms with Crippen molar-refractivity contribution in [2.45, 2.75) is 32.6 Å². The van der Waals surface area contributed by atoms with Gasteiger partial charge in [-0.2, -0.15) is 10.1 Å². The molecule has 2 aromatic heterocycles. The number of aromatic nitrogens is 4. The van der Waals surface area contributed by atoms with Gasteiger partial charge in [-0.1, -0.05) is 13.8 Å². The van der Waals surface area contributed by atoms with Gasteiger partial charge in [0, 0.05) is 25.2 Å². The van der Waals surface area contributed by atoms with E-state index in [2.05, 4.69) is 38.9 Å². The molecular formula is C16H23N5O. The lowest BCUT2D eigenvalue weighted by molar-refractivity contribution is 0.260. The summed E-state index contributed by atoms with van der Waals surface area (Å²) < 4.78 is 5.68. The van der Waals surface area contributed by atoms with Crippen LogP contribution in [0.4, 0.5) is 5.82 Å². The van der Waals surface area contributed by atoms with Crippen LogP contribution in [0.3, 0.4) is 0 Å². The fraction of sp³-hybridized carbons (Fsp3) is 0.562. The molecule has 0 bridgehead atoms. The molecule has 1 saturated heterocycles. The lowest BCUT2D eigenvalue weighted by atomic mass is 9.93. The molecule has 6 heteroatoms. The van der Waals surface area contributed by atoms with E-state index in [1.54, 1.807) is 6.20 Å². The molecule has 1 aliphatic heterocycles. The minimum atomic E-state index is 0.478. The third kappa shape index (κ3) is 3.55. The molecule has 0 aromatic carbocycles. The molecule has 1 aliphatic rings. The number of anilines is 1. The van der Waals surface area contributed by atoms with Crippen LogP contribution in [-0.4, -0.2) is 39.9 Å². The number of H-pyrrole nitrogens is 1. The number of ether oxygens (including phenoxy) is 1. The Balaban J connectivity index is 1.69. The highest BCUT2D eigenvalue weighted by molar-refractivity contribution is 5.39. The molecule has 22 heavy (non-hydrogen) atoms. The van der Waals surface area contributed by atoms with E-state index in [-0.39, 0.29) is 0 Å². The van der Waals surface area contributed by atoms with Crippen molar-refractivity contribution < 1.29 is 4.74 Å². The smallest absolute Gasteiger partial charge is 0.234 e. The Labute approximate surface area is 130 Å². The van der Waals surface area contributed by atoms with Gasteiger partial charge in [-0.25, -0.2) is 0 Å². The Morgan fingerprint density at radius 2 is 2.27 bits per heavy atom. The maximum atomic E-state index is 5.68. The maximum Gasteiger partial charge on any atom is 0.234 e. The Morgan fingerprint density at radius 3 is 3.05 bits per heavy atom. The van der Waals surface area contributed by atoms with E-state index < -0.39 is 0 Å². The van der Waals surface area contributed by atoms with Crippen molar-refractivity contribution in [1.82, 2.24) is 20.2 Å². The number of hydrogen-bond donors (Lipinski definition) is 1. The third-order valence-electron chi connectivity index (χ3n) is 3.90. The quantitative estimate of drug-likeness (QED) is 0.919. The number of aromatic amines is 1. The van der Waals surface area contributed by atoms with Crippen molar-refractivity contribution in [3.05, 3.63) is 30.4 Å². The summed E-state index contributed by atoms with van der Waals surface area (Å²) in [5.41, 5.74) is 1.27. The van der Waals surface area contributed by atoms with Crippen molar-refractivity contribution in [2.75, 3.05) is 24.6 Å². The highest BCUT2D eigenvalue weighted by atomic mass is 16.5. The number of nitrogens with zero attached hydrogens (tertiary/aromatic N) is 4. The molecule has 0 radical (unpaired) electrons. The van der Waals surface area contributed by atoms with Crippen LogP contribution in [-0.2, 0) is 0 Å². The molecule has 1 N–H and O–H groups in total. The Bertz CT molecular complexity index is 584. The first-order valence-electron chi connectivity index (χ1n) is 7.91. The topological polar surface area (TPSA) is 66.9 Å². The molecule has 3 heterocycles. The zero-order valence-corrected chi connectivity index (χ0v) is 13.2. The summed E-state index contributed by atoms with van der Waals surface area (Å²) in [5, 5.41) is 6.96. The van der Waals surface area contributed by atoms with E-state index in [9.17, 15) is 0 Å². The predicted molar refractivity (Wildman–Crippen MR) is 85.1 cm³/mol. The lowest BCUT2D eigenvalue weighted by Crippen LogP contribution is -2.35. The van der Waals surface area contributed by atoms with Gasteiger partial charge in [0.1, 0.15) is 0 Å². The van der Waals surface area contributed by atoms with Crippen LogP contribution in [0.15, 0.2) is 24.8 Å². The zero-order valence-electron chi connectivity index (χ0n) is 13.2. The van der Waals surface area contributed by atoms with Crippen LogP contribution < -0.4 is 9.64 Å². The van der Waals surface area contributed by atoms with Gasteiger partial charge in [0.2, 0.25) is 5.88 Å². The van der Waals surface area contributed by atoms with Gasteiger partial charge in [-0.05, 0) is 24.3 Å². The van der Waals surface area contributed by atoms with Gasteiger partial charge in [-0.15, -0.1) is 0 Å². The van der Waals surface area contributed by atoms with Crippen LogP contribution in [0.2, 0.25) is 0 Å². The van der Waals surface area contributed by atoms with Gasteiger partial charge in [-0.3, -0.25) is 10.1 Å². The standard InChI is InChI=1S/C16H23N5O/c1-12(2)11-22-16-9-17-8-15(20-16)21-5-3-4-13(10-21)14-6-18-19-7-14/h6-9,12-13H,3-5,10-11H2,1-2H3,(H,18,19)/t13-/m1/s1. The summed E-state index contributed by atoms with van der Waals surface area (Å²) >= 11 is 0. The van der Waals surface area contributed by atoms with Gasteiger partial charge in [0.05, 0.1) is 25.2 Å². The monoisotopic (exact) mass is 301 g/mol. The summed E-state index contributed by atoms with van der Waals surface area (Å²) in [7, 11) is 0. The van der Waals surface area contributed by atoms with Crippen molar-refractivity contribution in [2.24, 2.45) is 5.92 Å². The highest BCUT2D eigenvalue weighted by Crippen LogP contribution is 2.28. The van der Waals surface area contributed by atoms with E-state index in [1.807, 2.05) is 18.6 Å². The number of nitrogens with one attached hydrogen (secondary N) is 1. The second kappa shape index (κ2) is 6.77. The fourth-order valence-corrected chi connectivity index (χ4v) is 2.75. The van der Waals surface area contributed by atoms with E-state index in [0.717, 1.165) is 25.3 Å². The first kappa shape index (κ1) is 14.8. The lowest BCUT2D eigenvalue weighted by Gasteiger charge is -2.33. The third-order valence-corrected chi connectivity index (χ3v) is 3.90. The molecule has 0 unspecified atom stereocenters. The summed E-state index contributed by atoms with van der Waals surface area (Å²) in [6.07, 6.45) is 9.75. The average molecular weight is 301 g/mol. The first-order valence-corrected chi connectivity index (χ1v) is 7.91.